The fourth-order valence-electron chi connectivity index (χ4n) is 2.17. The second kappa shape index (κ2) is 6.34. The Morgan fingerprint density at radius 1 is 1.21 bits per heavy atom. The van der Waals surface area contributed by atoms with Crippen LogP contribution in [0.25, 0.3) is 10.8 Å². The Kier molecular flexibility index (Phi) is 4.53. The average molecular weight is 257 g/mol. The lowest BCUT2D eigenvalue weighted by Crippen LogP contribution is -2.27. The van der Waals surface area contributed by atoms with Gasteiger partial charge in [-0.2, -0.15) is 0 Å². The molecule has 2 aromatic carbocycles. The molecule has 0 unspecified atom stereocenters. The van der Waals surface area contributed by atoms with Gasteiger partial charge in [0, 0.05) is 6.04 Å². The van der Waals surface area contributed by atoms with E-state index in [1.54, 1.807) is 6.92 Å². The SMILES string of the molecule is CCOC(=O)C[C@H](N)Cc1ccc2ccccc2c1. The minimum atomic E-state index is -0.226. The molecule has 0 fully saturated rings. The summed E-state index contributed by atoms with van der Waals surface area (Å²) >= 11 is 0. The van der Waals surface area contributed by atoms with Crippen molar-refractivity contribution in [2.24, 2.45) is 5.73 Å². The Morgan fingerprint density at radius 2 is 1.95 bits per heavy atom. The van der Waals surface area contributed by atoms with Gasteiger partial charge in [0.15, 0.2) is 0 Å². The number of esters is 1. The molecule has 19 heavy (non-hydrogen) atoms. The van der Waals surface area contributed by atoms with Gasteiger partial charge < -0.3 is 10.5 Å². The maximum absolute atomic E-state index is 11.4. The minimum absolute atomic E-state index is 0.194. The highest BCUT2D eigenvalue weighted by atomic mass is 16.5. The Morgan fingerprint density at radius 3 is 2.68 bits per heavy atom. The van der Waals surface area contributed by atoms with Gasteiger partial charge in [-0.15, -0.1) is 0 Å². The zero-order chi connectivity index (χ0) is 13.7. The number of ether oxygens (including phenoxy) is 1. The molecule has 0 aliphatic carbocycles. The second-order valence-corrected chi connectivity index (χ2v) is 4.65. The summed E-state index contributed by atoms with van der Waals surface area (Å²) in [5, 5.41) is 2.41. The summed E-state index contributed by atoms with van der Waals surface area (Å²) in [6, 6.07) is 14.3. The van der Waals surface area contributed by atoms with E-state index in [1.807, 2.05) is 12.1 Å². The first-order valence-corrected chi connectivity index (χ1v) is 6.58. The molecular weight excluding hydrogens is 238 g/mol. The number of carbonyl (C=O) groups is 1. The fraction of sp³-hybridized carbons (Fsp3) is 0.312. The summed E-state index contributed by atoms with van der Waals surface area (Å²) in [7, 11) is 0. The van der Waals surface area contributed by atoms with Crippen molar-refractivity contribution in [3.63, 3.8) is 0 Å². The number of rotatable bonds is 5. The Bertz CT molecular complexity index is 565. The number of nitrogens with two attached hydrogens (primary N) is 1. The summed E-state index contributed by atoms with van der Waals surface area (Å²) in [6.45, 7) is 2.20. The molecule has 1 atom stereocenters. The molecule has 0 aromatic heterocycles. The van der Waals surface area contributed by atoms with Crippen LogP contribution in [-0.2, 0) is 16.0 Å². The van der Waals surface area contributed by atoms with E-state index in [1.165, 1.54) is 10.8 Å². The minimum Gasteiger partial charge on any atom is -0.466 e. The predicted molar refractivity (Wildman–Crippen MR) is 76.9 cm³/mol. The molecule has 0 spiro atoms. The first kappa shape index (κ1) is 13.6. The number of hydrogen-bond donors (Lipinski definition) is 1. The standard InChI is InChI=1S/C16H19NO2/c1-2-19-16(18)11-15(17)10-12-7-8-13-5-3-4-6-14(13)9-12/h3-9,15H,2,10-11,17H2,1H3/t15-/m1/s1. The molecule has 0 saturated carbocycles. The highest BCUT2D eigenvalue weighted by molar-refractivity contribution is 5.83. The van der Waals surface area contributed by atoms with Crippen molar-refractivity contribution in [3.8, 4) is 0 Å². The summed E-state index contributed by atoms with van der Waals surface area (Å²) in [6.07, 6.45) is 0.949. The van der Waals surface area contributed by atoms with Crippen LogP contribution >= 0.6 is 0 Å². The largest absolute Gasteiger partial charge is 0.466 e. The summed E-state index contributed by atoms with van der Waals surface area (Å²) in [5.41, 5.74) is 7.13. The van der Waals surface area contributed by atoms with E-state index in [2.05, 4.69) is 30.3 Å². The van der Waals surface area contributed by atoms with Gasteiger partial charge in [-0.1, -0.05) is 42.5 Å². The molecule has 3 heteroatoms. The zero-order valence-electron chi connectivity index (χ0n) is 11.1. The Hall–Kier alpha value is -1.87. The molecule has 0 saturated heterocycles. The molecule has 2 N–H and O–H groups in total. The van der Waals surface area contributed by atoms with E-state index in [9.17, 15) is 4.79 Å². The van der Waals surface area contributed by atoms with Crippen molar-refractivity contribution < 1.29 is 9.53 Å². The highest BCUT2D eigenvalue weighted by Gasteiger charge is 2.11. The maximum Gasteiger partial charge on any atom is 0.307 e. The molecule has 2 rings (SSSR count). The van der Waals surface area contributed by atoms with Gasteiger partial charge in [0.05, 0.1) is 13.0 Å². The van der Waals surface area contributed by atoms with Crippen LogP contribution in [-0.4, -0.2) is 18.6 Å². The highest BCUT2D eigenvalue weighted by Crippen LogP contribution is 2.16. The molecule has 0 bridgehead atoms. The first-order valence-electron chi connectivity index (χ1n) is 6.58. The van der Waals surface area contributed by atoms with Crippen molar-refractivity contribution in [3.05, 3.63) is 48.0 Å². The summed E-state index contributed by atoms with van der Waals surface area (Å²) in [5.74, 6) is -0.226. The number of benzene rings is 2. The van der Waals surface area contributed by atoms with Gasteiger partial charge in [0.2, 0.25) is 0 Å². The molecule has 0 heterocycles. The van der Waals surface area contributed by atoms with E-state index in [4.69, 9.17) is 10.5 Å². The Labute approximate surface area is 113 Å². The zero-order valence-corrected chi connectivity index (χ0v) is 11.1. The molecule has 3 nitrogen and oxygen atoms in total. The summed E-state index contributed by atoms with van der Waals surface area (Å²) in [4.78, 5) is 11.4. The lowest BCUT2D eigenvalue weighted by Gasteiger charge is -2.11. The van der Waals surface area contributed by atoms with Crippen molar-refractivity contribution in [2.45, 2.75) is 25.8 Å². The van der Waals surface area contributed by atoms with Gasteiger partial charge in [-0.25, -0.2) is 0 Å². The molecular formula is C16H19NO2. The van der Waals surface area contributed by atoms with Crippen molar-refractivity contribution in [1.82, 2.24) is 0 Å². The molecule has 0 radical (unpaired) electrons. The molecule has 0 aliphatic rings. The third-order valence-corrected chi connectivity index (χ3v) is 3.05. The van der Waals surface area contributed by atoms with E-state index in [-0.39, 0.29) is 18.4 Å². The van der Waals surface area contributed by atoms with Crippen molar-refractivity contribution in [1.29, 1.82) is 0 Å². The van der Waals surface area contributed by atoms with Crippen LogP contribution in [0.3, 0.4) is 0 Å². The topological polar surface area (TPSA) is 52.3 Å². The summed E-state index contributed by atoms with van der Waals surface area (Å²) < 4.78 is 4.90. The van der Waals surface area contributed by atoms with Crippen molar-refractivity contribution >= 4 is 16.7 Å². The molecule has 0 amide bonds. The van der Waals surface area contributed by atoms with E-state index >= 15 is 0 Å². The lowest BCUT2D eigenvalue weighted by molar-refractivity contribution is -0.143. The number of fused-ring (bicyclic) bond motifs is 1. The Balaban J connectivity index is 2.02. The van der Waals surface area contributed by atoms with E-state index in [0.717, 1.165) is 5.56 Å². The fourth-order valence-corrected chi connectivity index (χ4v) is 2.17. The van der Waals surface area contributed by atoms with E-state index in [0.29, 0.717) is 13.0 Å². The van der Waals surface area contributed by atoms with Gasteiger partial charge in [0.25, 0.3) is 0 Å². The molecule has 0 aliphatic heterocycles. The van der Waals surface area contributed by atoms with Gasteiger partial charge >= 0.3 is 5.97 Å². The van der Waals surface area contributed by atoms with Crippen LogP contribution in [0, 0.1) is 0 Å². The van der Waals surface area contributed by atoms with Crippen LogP contribution in [0.1, 0.15) is 18.9 Å². The lowest BCUT2D eigenvalue weighted by atomic mass is 10.0. The van der Waals surface area contributed by atoms with Gasteiger partial charge in [-0.3, -0.25) is 4.79 Å². The van der Waals surface area contributed by atoms with E-state index < -0.39 is 0 Å². The maximum atomic E-state index is 11.4. The number of carbonyl (C=O) groups excluding carboxylic acids is 1. The van der Waals surface area contributed by atoms with Crippen LogP contribution in [0.15, 0.2) is 42.5 Å². The number of hydrogen-bond acceptors (Lipinski definition) is 3. The van der Waals surface area contributed by atoms with Crippen LogP contribution in [0.4, 0.5) is 0 Å². The smallest absolute Gasteiger partial charge is 0.307 e. The van der Waals surface area contributed by atoms with Gasteiger partial charge in [0.1, 0.15) is 0 Å². The van der Waals surface area contributed by atoms with Gasteiger partial charge in [-0.05, 0) is 29.7 Å². The van der Waals surface area contributed by atoms with Crippen molar-refractivity contribution in [2.75, 3.05) is 6.61 Å². The predicted octanol–water partition coefficient (Wildman–Crippen LogP) is 2.66. The first-order chi connectivity index (χ1) is 9.19. The van der Waals surface area contributed by atoms with Crippen LogP contribution in [0.2, 0.25) is 0 Å². The molecule has 100 valence electrons. The van der Waals surface area contributed by atoms with Crippen LogP contribution in [0.5, 0.6) is 0 Å². The monoisotopic (exact) mass is 257 g/mol. The quantitative estimate of drug-likeness (QED) is 0.838. The van der Waals surface area contributed by atoms with Crippen LogP contribution < -0.4 is 5.73 Å². The third kappa shape index (κ3) is 3.80. The third-order valence-electron chi connectivity index (χ3n) is 3.05. The average Bonchev–Trinajstić information content (AvgIpc) is 2.38. The normalized spacial score (nSPS) is 12.3. The second-order valence-electron chi connectivity index (χ2n) is 4.65. The molecule has 2 aromatic rings.